The second-order valence-corrected chi connectivity index (χ2v) is 4.62. The Labute approximate surface area is 133 Å². The number of nitrogens with one attached hydrogen (secondary N) is 1. The average Bonchev–Trinajstić information content (AvgIpc) is 3.02. The van der Waals surface area contributed by atoms with Crippen LogP contribution in [0, 0.1) is 20.2 Å². The molecule has 0 aliphatic carbocycles. The molecular formula is C13H9N5O6. The summed E-state index contributed by atoms with van der Waals surface area (Å²) in [7, 11) is 1.34. The SMILES string of the molecule is COc1cc([N+](=O)[O-])ccc1Nc1ccc2nonc2c1[N+](=O)[O-]. The van der Waals surface area contributed by atoms with E-state index in [0.29, 0.717) is 5.69 Å². The Kier molecular flexibility index (Phi) is 3.66. The first-order valence-electron chi connectivity index (χ1n) is 6.50. The number of nitrogens with zero attached hydrogens (tertiary/aromatic N) is 4. The molecule has 24 heavy (non-hydrogen) atoms. The molecule has 0 atom stereocenters. The minimum atomic E-state index is -0.618. The Morgan fingerprint density at radius 3 is 2.50 bits per heavy atom. The summed E-state index contributed by atoms with van der Waals surface area (Å²) in [6.45, 7) is 0. The topological polar surface area (TPSA) is 146 Å². The van der Waals surface area contributed by atoms with Crippen LogP contribution >= 0.6 is 0 Å². The summed E-state index contributed by atoms with van der Waals surface area (Å²) in [6.07, 6.45) is 0. The Morgan fingerprint density at radius 2 is 1.83 bits per heavy atom. The number of hydrogen-bond acceptors (Lipinski definition) is 9. The van der Waals surface area contributed by atoms with Gasteiger partial charge in [0.25, 0.3) is 5.69 Å². The standard InChI is InChI=1S/C13H9N5O6/c1-23-11-6-7(17(19)20)2-3-8(11)14-10-5-4-9-12(16-24-15-9)13(10)18(21)22/h2-6,14H,1H3. The van der Waals surface area contributed by atoms with Crippen molar-refractivity contribution in [3.05, 3.63) is 50.6 Å². The quantitative estimate of drug-likeness (QED) is 0.550. The number of fused-ring (bicyclic) bond motifs is 1. The largest absolute Gasteiger partial charge is 0.494 e. The van der Waals surface area contributed by atoms with E-state index >= 15 is 0 Å². The minimum Gasteiger partial charge on any atom is -0.494 e. The van der Waals surface area contributed by atoms with Crippen molar-refractivity contribution in [2.75, 3.05) is 12.4 Å². The lowest BCUT2D eigenvalue weighted by Gasteiger charge is -2.11. The molecule has 3 aromatic rings. The molecule has 0 saturated heterocycles. The van der Waals surface area contributed by atoms with Gasteiger partial charge in [-0.2, -0.15) is 0 Å². The molecule has 0 aliphatic rings. The highest BCUT2D eigenvalue weighted by atomic mass is 16.6. The molecule has 1 aromatic heterocycles. The van der Waals surface area contributed by atoms with E-state index in [1.807, 2.05) is 0 Å². The third-order valence-corrected chi connectivity index (χ3v) is 3.25. The van der Waals surface area contributed by atoms with Crippen LogP contribution in [-0.4, -0.2) is 27.3 Å². The Balaban J connectivity index is 2.08. The van der Waals surface area contributed by atoms with Gasteiger partial charge in [0.2, 0.25) is 5.52 Å². The Hall–Kier alpha value is -3.76. The number of rotatable bonds is 5. The van der Waals surface area contributed by atoms with Gasteiger partial charge in [-0.3, -0.25) is 20.2 Å². The zero-order valence-electron chi connectivity index (χ0n) is 12.1. The summed E-state index contributed by atoms with van der Waals surface area (Å²) < 4.78 is 9.61. The number of aromatic nitrogens is 2. The molecule has 11 heteroatoms. The van der Waals surface area contributed by atoms with Crippen molar-refractivity contribution in [2.24, 2.45) is 0 Å². The molecule has 2 aromatic carbocycles. The highest BCUT2D eigenvalue weighted by Crippen LogP contribution is 2.37. The van der Waals surface area contributed by atoms with Crippen molar-refractivity contribution in [3.63, 3.8) is 0 Å². The van der Waals surface area contributed by atoms with Crippen LogP contribution in [0.15, 0.2) is 35.0 Å². The number of nitro groups is 2. The van der Waals surface area contributed by atoms with Crippen LogP contribution < -0.4 is 10.1 Å². The fraction of sp³-hybridized carbons (Fsp3) is 0.0769. The predicted molar refractivity (Wildman–Crippen MR) is 81.4 cm³/mol. The third kappa shape index (κ3) is 2.54. The summed E-state index contributed by atoms with van der Waals surface area (Å²) >= 11 is 0. The molecule has 1 heterocycles. The fourth-order valence-electron chi connectivity index (χ4n) is 2.17. The smallest absolute Gasteiger partial charge is 0.323 e. The van der Waals surface area contributed by atoms with E-state index in [0.717, 1.165) is 0 Å². The second kappa shape index (κ2) is 5.79. The molecule has 0 amide bonds. The maximum absolute atomic E-state index is 11.4. The van der Waals surface area contributed by atoms with Gasteiger partial charge in [0, 0.05) is 6.07 Å². The summed E-state index contributed by atoms with van der Waals surface area (Å²) in [4.78, 5) is 21.0. The highest BCUT2D eigenvalue weighted by molar-refractivity contribution is 5.92. The second-order valence-electron chi connectivity index (χ2n) is 4.62. The van der Waals surface area contributed by atoms with Gasteiger partial charge in [-0.05, 0) is 28.5 Å². The molecule has 0 aliphatic heterocycles. The summed E-state index contributed by atoms with van der Waals surface area (Å²) in [5.74, 6) is 0.164. The first-order chi connectivity index (χ1) is 11.5. The van der Waals surface area contributed by atoms with Crippen LogP contribution in [0.25, 0.3) is 11.0 Å². The molecule has 0 fully saturated rings. The lowest BCUT2D eigenvalue weighted by Crippen LogP contribution is -2.00. The van der Waals surface area contributed by atoms with Gasteiger partial charge in [-0.15, -0.1) is 0 Å². The molecule has 0 bridgehead atoms. The van der Waals surface area contributed by atoms with Crippen LogP contribution in [0.5, 0.6) is 5.75 Å². The lowest BCUT2D eigenvalue weighted by molar-refractivity contribution is -0.384. The molecule has 122 valence electrons. The van der Waals surface area contributed by atoms with Crippen LogP contribution in [0.3, 0.4) is 0 Å². The molecule has 0 unspecified atom stereocenters. The maximum Gasteiger partial charge on any atom is 0.323 e. The van der Waals surface area contributed by atoms with E-state index in [2.05, 4.69) is 20.3 Å². The van der Waals surface area contributed by atoms with Gasteiger partial charge in [0.15, 0.2) is 0 Å². The lowest BCUT2D eigenvalue weighted by atomic mass is 10.2. The third-order valence-electron chi connectivity index (χ3n) is 3.25. The van der Waals surface area contributed by atoms with Gasteiger partial charge in [-0.1, -0.05) is 0 Å². The molecule has 11 nitrogen and oxygen atoms in total. The van der Waals surface area contributed by atoms with Crippen molar-refractivity contribution < 1.29 is 19.2 Å². The van der Waals surface area contributed by atoms with E-state index in [-0.39, 0.29) is 33.8 Å². The van der Waals surface area contributed by atoms with Gasteiger partial charge in [-0.25, -0.2) is 4.63 Å². The molecule has 1 N–H and O–H groups in total. The van der Waals surface area contributed by atoms with Gasteiger partial charge in [0.05, 0.1) is 28.7 Å². The number of anilines is 2. The number of benzene rings is 2. The van der Waals surface area contributed by atoms with E-state index in [1.54, 1.807) is 0 Å². The number of methoxy groups -OCH3 is 1. The van der Waals surface area contributed by atoms with Gasteiger partial charge >= 0.3 is 5.69 Å². The summed E-state index contributed by atoms with van der Waals surface area (Å²) in [5.41, 5.74) is 0.184. The number of nitro benzene ring substituents is 2. The summed E-state index contributed by atoms with van der Waals surface area (Å²) in [6, 6.07) is 6.80. The first kappa shape index (κ1) is 15.1. The van der Waals surface area contributed by atoms with Crippen LogP contribution in [-0.2, 0) is 0 Å². The van der Waals surface area contributed by atoms with Crippen LogP contribution in [0.2, 0.25) is 0 Å². The van der Waals surface area contributed by atoms with Crippen molar-refractivity contribution in [1.82, 2.24) is 10.3 Å². The van der Waals surface area contributed by atoms with Gasteiger partial charge in [0.1, 0.15) is 17.0 Å². The maximum atomic E-state index is 11.4. The van der Waals surface area contributed by atoms with E-state index < -0.39 is 9.85 Å². The predicted octanol–water partition coefficient (Wildman–Crippen LogP) is 2.79. The van der Waals surface area contributed by atoms with Crippen molar-refractivity contribution in [1.29, 1.82) is 0 Å². The molecule has 0 spiro atoms. The minimum absolute atomic E-state index is 0.00845. The Morgan fingerprint density at radius 1 is 1.08 bits per heavy atom. The normalized spacial score (nSPS) is 10.5. The molecule has 0 radical (unpaired) electrons. The van der Waals surface area contributed by atoms with Crippen LogP contribution in [0.4, 0.5) is 22.7 Å². The molecule has 0 saturated carbocycles. The number of ether oxygens (including phenoxy) is 1. The zero-order valence-corrected chi connectivity index (χ0v) is 12.1. The van der Waals surface area contributed by atoms with Crippen LogP contribution in [0.1, 0.15) is 0 Å². The Bertz CT molecular complexity index is 953. The molecular weight excluding hydrogens is 322 g/mol. The number of hydrogen-bond donors (Lipinski definition) is 1. The zero-order chi connectivity index (χ0) is 17.3. The van der Waals surface area contributed by atoms with Crippen molar-refractivity contribution in [2.45, 2.75) is 0 Å². The summed E-state index contributed by atoms with van der Waals surface area (Å²) in [5, 5.41) is 32.1. The van der Waals surface area contributed by atoms with Gasteiger partial charge < -0.3 is 10.1 Å². The van der Waals surface area contributed by atoms with E-state index in [4.69, 9.17) is 4.74 Å². The average molecular weight is 331 g/mol. The van der Waals surface area contributed by atoms with E-state index in [9.17, 15) is 20.2 Å². The van der Waals surface area contributed by atoms with Crippen molar-refractivity contribution in [3.8, 4) is 5.75 Å². The fourth-order valence-corrected chi connectivity index (χ4v) is 2.17. The molecule has 3 rings (SSSR count). The van der Waals surface area contributed by atoms with E-state index in [1.165, 1.54) is 37.4 Å². The monoisotopic (exact) mass is 331 g/mol. The first-order valence-corrected chi connectivity index (χ1v) is 6.50. The highest BCUT2D eigenvalue weighted by Gasteiger charge is 2.23. The van der Waals surface area contributed by atoms with Crippen molar-refractivity contribution >= 4 is 33.8 Å². The number of non-ortho nitro benzene ring substituents is 1.